The van der Waals surface area contributed by atoms with E-state index in [-0.39, 0.29) is 0 Å². The molecule has 0 aliphatic carbocycles. The van der Waals surface area contributed by atoms with Gasteiger partial charge >= 0.3 is 0 Å². The Morgan fingerprint density at radius 1 is 1.00 bits per heavy atom. The lowest BCUT2D eigenvalue weighted by molar-refractivity contribution is 0.355. The van der Waals surface area contributed by atoms with Crippen LogP contribution < -0.4 is 20.9 Å². The molecule has 0 unspecified atom stereocenters. The van der Waals surface area contributed by atoms with Crippen LogP contribution in [0.15, 0.2) is 30.5 Å². The maximum atomic E-state index is 5.92. The lowest BCUT2D eigenvalue weighted by Gasteiger charge is -2.12. The van der Waals surface area contributed by atoms with Crippen molar-refractivity contribution in [3.63, 3.8) is 0 Å². The number of hydrogen-bond donors (Lipinski definition) is 2. The predicted molar refractivity (Wildman–Crippen MR) is 71.6 cm³/mol. The first-order chi connectivity index (χ1) is 8.67. The van der Waals surface area contributed by atoms with Gasteiger partial charge in [-0.1, -0.05) is 6.07 Å². The number of ether oxygens (including phenoxy) is 2. The molecule has 0 bridgehead atoms. The Balaban J connectivity index is 2.58. The van der Waals surface area contributed by atoms with Crippen LogP contribution in [0.5, 0.6) is 11.5 Å². The molecule has 0 aliphatic rings. The molecule has 0 fully saturated rings. The number of anilines is 2. The van der Waals surface area contributed by atoms with Gasteiger partial charge in [0.05, 0.1) is 14.2 Å². The van der Waals surface area contributed by atoms with Gasteiger partial charge in [0.2, 0.25) is 0 Å². The lowest BCUT2D eigenvalue weighted by atomic mass is 10.0. The van der Waals surface area contributed by atoms with Crippen LogP contribution >= 0.6 is 0 Å². The molecule has 0 radical (unpaired) electrons. The molecule has 2 aromatic rings. The van der Waals surface area contributed by atoms with Crippen molar-refractivity contribution in [2.45, 2.75) is 0 Å². The Morgan fingerprint density at radius 3 is 2.33 bits per heavy atom. The molecule has 0 atom stereocenters. The van der Waals surface area contributed by atoms with Gasteiger partial charge in [-0.05, 0) is 23.8 Å². The van der Waals surface area contributed by atoms with Gasteiger partial charge in [-0.2, -0.15) is 0 Å². The zero-order valence-electron chi connectivity index (χ0n) is 10.3. The monoisotopic (exact) mass is 245 g/mol. The third kappa shape index (κ3) is 2.02. The minimum Gasteiger partial charge on any atom is -0.493 e. The lowest BCUT2D eigenvalue weighted by Crippen LogP contribution is -1.99. The first kappa shape index (κ1) is 12.0. The summed E-state index contributed by atoms with van der Waals surface area (Å²) in [5, 5.41) is 0. The highest BCUT2D eigenvalue weighted by atomic mass is 16.5. The Labute approximate surface area is 105 Å². The summed E-state index contributed by atoms with van der Waals surface area (Å²) >= 11 is 0. The van der Waals surface area contributed by atoms with Gasteiger partial charge in [0.1, 0.15) is 5.82 Å². The fourth-order valence-electron chi connectivity index (χ4n) is 1.80. The van der Waals surface area contributed by atoms with Crippen LogP contribution in [0.1, 0.15) is 0 Å². The average molecular weight is 245 g/mol. The molecule has 1 aromatic carbocycles. The summed E-state index contributed by atoms with van der Waals surface area (Å²) < 4.78 is 10.4. The van der Waals surface area contributed by atoms with Crippen LogP contribution in [0.25, 0.3) is 11.1 Å². The minimum absolute atomic E-state index is 0.391. The molecule has 5 heteroatoms. The fourth-order valence-corrected chi connectivity index (χ4v) is 1.80. The van der Waals surface area contributed by atoms with Crippen molar-refractivity contribution in [3.8, 4) is 22.6 Å². The van der Waals surface area contributed by atoms with E-state index in [1.54, 1.807) is 32.5 Å². The van der Waals surface area contributed by atoms with Gasteiger partial charge in [0.15, 0.2) is 11.5 Å². The summed E-state index contributed by atoms with van der Waals surface area (Å²) in [5.74, 6) is 1.67. The summed E-state index contributed by atoms with van der Waals surface area (Å²) in [4.78, 5) is 4.04. The quantitative estimate of drug-likeness (QED) is 0.863. The standard InChI is InChI=1S/C13H15N3O2/c1-17-10-4-3-8(7-11(10)18-2)12-9(14)5-6-16-13(12)15/h3-7H,1-2H3,(H4,14,15,16). The van der Waals surface area contributed by atoms with Crippen molar-refractivity contribution in [1.29, 1.82) is 0 Å². The van der Waals surface area contributed by atoms with E-state index in [4.69, 9.17) is 20.9 Å². The van der Waals surface area contributed by atoms with Gasteiger partial charge in [0.25, 0.3) is 0 Å². The van der Waals surface area contributed by atoms with E-state index in [0.29, 0.717) is 28.6 Å². The van der Waals surface area contributed by atoms with Gasteiger partial charge in [-0.25, -0.2) is 4.98 Å². The topological polar surface area (TPSA) is 83.4 Å². The van der Waals surface area contributed by atoms with Crippen LogP contribution in [0.3, 0.4) is 0 Å². The molecular weight excluding hydrogens is 230 g/mol. The number of nitrogens with zero attached hydrogens (tertiary/aromatic N) is 1. The fraction of sp³-hybridized carbons (Fsp3) is 0.154. The molecule has 0 aliphatic heterocycles. The highest BCUT2D eigenvalue weighted by Crippen LogP contribution is 2.36. The summed E-state index contributed by atoms with van der Waals surface area (Å²) in [6, 6.07) is 7.20. The smallest absolute Gasteiger partial charge is 0.161 e. The average Bonchev–Trinajstić information content (AvgIpc) is 2.38. The van der Waals surface area contributed by atoms with Crippen molar-refractivity contribution in [2.75, 3.05) is 25.7 Å². The molecule has 0 amide bonds. The number of hydrogen-bond acceptors (Lipinski definition) is 5. The maximum Gasteiger partial charge on any atom is 0.161 e. The number of nitrogen functional groups attached to an aromatic ring is 2. The van der Waals surface area contributed by atoms with Crippen LogP contribution in [-0.4, -0.2) is 19.2 Å². The summed E-state index contributed by atoms with van der Waals surface area (Å²) in [7, 11) is 3.17. The predicted octanol–water partition coefficient (Wildman–Crippen LogP) is 1.93. The number of pyridine rings is 1. The molecule has 4 N–H and O–H groups in total. The third-order valence-corrected chi connectivity index (χ3v) is 2.68. The van der Waals surface area contributed by atoms with Crippen LogP contribution in [0, 0.1) is 0 Å². The van der Waals surface area contributed by atoms with Gasteiger partial charge in [-0.15, -0.1) is 0 Å². The number of aromatic nitrogens is 1. The first-order valence-electron chi connectivity index (χ1n) is 5.39. The molecule has 94 valence electrons. The van der Waals surface area contributed by atoms with E-state index < -0.39 is 0 Å². The van der Waals surface area contributed by atoms with E-state index in [2.05, 4.69) is 4.98 Å². The second kappa shape index (κ2) is 4.83. The SMILES string of the molecule is COc1ccc(-c2c(N)ccnc2N)cc1OC. The molecule has 5 nitrogen and oxygen atoms in total. The van der Waals surface area contributed by atoms with Gasteiger partial charge in [0, 0.05) is 17.4 Å². The third-order valence-electron chi connectivity index (χ3n) is 2.68. The van der Waals surface area contributed by atoms with E-state index in [9.17, 15) is 0 Å². The molecule has 18 heavy (non-hydrogen) atoms. The number of methoxy groups -OCH3 is 2. The Bertz CT molecular complexity index is 550. The zero-order valence-corrected chi connectivity index (χ0v) is 10.3. The van der Waals surface area contributed by atoms with E-state index in [0.717, 1.165) is 5.56 Å². The van der Waals surface area contributed by atoms with Crippen molar-refractivity contribution in [1.82, 2.24) is 4.98 Å². The van der Waals surface area contributed by atoms with E-state index in [1.165, 1.54) is 0 Å². The largest absolute Gasteiger partial charge is 0.493 e. The van der Waals surface area contributed by atoms with Crippen molar-refractivity contribution in [3.05, 3.63) is 30.5 Å². The molecule has 1 heterocycles. The highest BCUT2D eigenvalue weighted by molar-refractivity contribution is 5.85. The van der Waals surface area contributed by atoms with Gasteiger partial charge in [-0.3, -0.25) is 0 Å². The van der Waals surface area contributed by atoms with Crippen LogP contribution in [0.2, 0.25) is 0 Å². The summed E-state index contributed by atoms with van der Waals surface area (Å²) in [6.45, 7) is 0. The molecular formula is C13H15N3O2. The summed E-state index contributed by atoms with van der Waals surface area (Å²) in [5.41, 5.74) is 13.9. The number of nitrogens with two attached hydrogens (primary N) is 2. The van der Waals surface area contributed by atoms with Crippen LogP contribution in [0.4, 0.5) is 11.5 Å². The number of benzene rings is 1. The van der Waals surface area contributed by atoms with Crippen molar-refractivity contribution < 1.29 is 9.47 Å². The normalized spacial score (nSPS) is 10.1. The molecule has 0 saturated heterocycles. The van der Waals surface area contributed by atoms with Gasteiger partial charge < -0.3 is 20.9 Å². The van der Waals surface area contributed by atoms with Crippen molar-refractivity contribution >= 4 is 11.5 Å². The zero-order chi connectivity index (χ0) is 13.1. The van der Waals surface area contributed by atoms with E-state index >= 15 is 0 Å². The molecule has 2 rings (SSSR count). The number of rotatable bonds is 3. The van der Waals surface area contributed by atoms with Crippen LogP contribution in [-0.2, 0) is 0 Å². The molecule has 0 spiro atoms. The first-order valence-corrected chi connectivity index (χ1v) is 5.39. The summed E-state index contributed by atoms with van der Waals surface area (Å²) in [6.07, 6.45) is 1.58. The second-order valence-corrected chi connectivity index (χ2v) is 3.73. The minimum atomic E-state index is 0.391. The Hall–Kier alpha value is -2.43. The molecule has 1 aromatic heterocycles. The Kier molecular flexibility index (Phi) is 3.23. The highest BCUT2D eigenvalue weighted by Gasteiger charge is 2.11. The second-order valence-electron chi connectivity index (χ2n) is 3.73. The molecule has 0 saturated carbocycles. The maximum absolute atomic E-state index is 5.92. The Morgan fingerprint density at radius 2 is 1.72 bits per heavy atom. The van der Waals surface area contributed by atoms with E-state index in [1.807, 2.05) is 12.1 Å². The van der Waals surface area contributed by atoms with Crippen molar-refractivity contribution in [2.24, 2.45) is 0 Å².